The fraction of sp³-hybridized carbons (Fsp3) is 0.550. The number of allylic oxidation sites excluding steroid dienone is 1. The number of nitrogens with zero attached hydrogens (tertiary/aromatic N) is 4. The second-order valence-electron chi connectivity index (χ2n) is 16.8. The van der Waals surface area contributed by atoms with Gasteiger partial charge >= 0.3 is 12.1 Å². The summed E-state index contributed by atoms with van der Waals surface area (Å²) in [6, 6.07) is 5.53. The van der Waals surface area contributed by atoms with Crippen molar-refractivity contribution in [2.45, 2.75) is 114 Å². The number of anilines is 1. The molecule has 2 aromatic heterocycles. The smallest absolute Gasteiger partial charge is 0.426 e. The van der Waals surface area contributed by atoms with E-state index in [1.54, 1.807) is 52.3 Å². The first-order chi connectivity index (χ1) is 27.9. The zero-order valence-electron chi connectivity index (χ0n) is 34.1. The predicted molar refractivity (Wildman–Crippen MR) is 221 cm³/mol. The fourth-order valence-corrected chi connectivity index (χ4v) is 9.57. The Morgan fingerprint density at radius 1 is 1.12 bits per heavy atom. The van der Waals surface area contributed by atoms with Crippen LogP contribution >= 0.6 is 11.3 Å². The normalized spacial score (nSPS) is 24.4. The van der Waals surface area contributed by atoms with E-state index in [1.165, 1.54) is 16.2 Å². The number of aromatic nitrogens is 2. The molecule has 5 amide bonds. The van der Waals surface area contributed by atoms with Crippen LogP contribution in [0.4, 0.5) is 14.7 Å². The maximum atomic E-state index is 14.6. The highest BCUT2D eigenvalue weighted by atomic mass is 32.2. The summed E-state index contributed by atoms with van der Waals surface area (Å²) in [5, 5.41) is 8.08. The molecule has 59 heavy (non-hydrogen) atoms. The molecule has 3 aromatic rings. The van der Waals surface area contributed by atoms with Crippen molar-refractivity contribution in [3.05, 3.63) is 42.6 Å². The van der Waals surface area contributed by atoms with E-state index < -0.39 is 68.4 Å². The van der Waals surface area contributed by atoms with Crippen molar-refractivity contribution in [2.75, 3.05) is 25.5 Å². The number of rotatable bonds is 10. The molecular formula is C40H52N8O9S2. The predicted octanol–water partition coefficient (Wildman–Crippen LogP) is 5.09. The third kappa shape index (κ3) is 9.67. The highest BCUT2D eigenvalue weighted by molar-refractivity contribution is 7.91. The van der Waals surface area contributed by atoms with Gasteiger partial charge in [0, 0.05) is 48.6 Å². The van der Waals surface area contributed by atoms with Gasteiger partial charge in [0.2, 0.25) is 15.9 Å². The number of nitrogens with one attached hydrogen (secondary N) is 4. The number of methoxy groups -OCH3 is 1. The molecule has 0 unspecified atom stereocenters. The third-order valence-corrected chi connectivity index (χ3v) is 13.2. The van der Waals surface area contributed by atoms with Crippen LogP contribution < -0.4 is 30.3 Å². The Kier molecular flexibility index (Phi) is 11.7. The maximum absolute atomic E-state index is 14.6. The van der Waals surface area contributed by atoms with Crippen LogP contribution in [0.15, 0.2) is 42.6 Å². The van der Waals surface area contributed by atoms with Crippen LogP contribution in [0.3, 0.4) is 0 Å². The monoisotopic (exact) mass is 852 g/mol. The largest absolute Gasteiger partial charge is 0.497 e. The molecule has 318 valence electrons. The number of pyridine rings is 1. The standard InChI is InChI=1S/C40H52N8O9S2/c1-23(2)42-36-41-21-33(58-36)30-19-32(28-15-12-25(55-6)17-29(28)43-30)56-26-18-31-34(49)44-40(35(50)46-59(53,54)27-13-14-27)20-24(40)11-9-7-8-10-16-48(38(52)47(31)22-26)45-37(51)57-39(3,4)5/h9,11-12,15,17,19,21,23-24,26-27,31H,7-8,10,13-14,16,18,20,22H2,1-6H3,(H,41,42)(H,44,49)(H,45,51)(H,46,50)/b11-9-/t24-,26-,31+,40+/m1/s1. The van der Waals surface area contributed by atoms with Gasteiger partial charge in [0.1, 0.15) is 34.8 Å². The van der Waals surface area contributed by atoms with Crippen LogP contribution in [-0.4, -0.2) is 107 Å². The molecule has 4 aliphatic rings. The van der Waals surface area contributed by atoms with E-state index in [0.29, 0.717) is 60.2 Å². The number of sulfonamides is 1. The second kappa shape index (κ2) is 16.5. The minimum Gasteiger partial charge on any atom is -0.497 e. The molecule has 19 heteroatoms. The van der Waals surface area contributed by atoms with Crippen molar-refractivity contribution in [3.8, 4) is 22.1 Å². The number of hydrogen-bond acceptors (Lipinski definition) is 13. The summed E-state index contributed by atoms with van der Waals surface area (Å²) in [4.78, 5) is 67.4. The number of amides is 5. The van der Waals surface area contributed by atoms with Gasteiger partial charge in [0.15, 0.2) is 5.13 Å². The van der Waals surface area contributed by atoms with Crippen molar-refractivity contribution in [1.29, 1.82) is 0 Å². The van der Waals surface area contributed by atoms with E-state index in [-0.39, 0.29) is 32.0 Å². The summed E-state index contributed by atoms with van der Waals surface area (Å²) >= 11 is 1.44. The van der Waals surface area contributed by atoms with Gasteiger partial charge in [-0.15, -0.1) is 0 Å². The highest BCUT2D eigenvalue weighted by Gasteiger charge is 2.62. The highest BCUT2D eigenvalue weighted by Crippen LogP contribution is 2.46. The van der Waals surface area contributed by atoms with Crippen LogP contribution in [-0.2, 0) is 24.3 Å². The first-order valence-corrected chi connectivity index (χ1v) is 22.3. The van der Waals surface area contributed by atoms with E-state index in [2.05, 4.69) is 25.8 Å². The van der Waals surface area contributed by atoms with Crippen molar-refractivity contribution in [3.63, 3.8) is 0 Å². The first kappa shape index (κ1) is 42.0. The summed E-state index contributed by atoms with van der Waals surface area (Å²) in [6.07, 6.45) is 6.71. The molecule has 0 bridgehead atoms. The molecule has 7 rings (SSSR count). The first-order valence-electron chi connectivity index (χ1n) is 20.0. The van der Waals surface area contributed by atoms with Crippen molar-refractivity contribution in [1.82, 2.24) is 35.3 Å². The third-order valence-electron chi connectivity index (χ3n) is 10.4. The van der Waals surface area contributed by atoms with Crippen molar-refractivity contribution < 1.29 is 41.8 Å². The number of carbonyl (C=O) groups excluding carboxylic acids is 4. The maximum Gasteiger partial charge on any atom is 0.426 e. The molecule has 2 aliphatic heterocycles. The van der Waals surface area contributed by atoms with Gasteiger partial charge in [-0.1, -0.05) is 23.5 Å². The number of ether oxygens (including phenoxy) is 3. The number of thiazole rings is 1. The molecule has 4 atom stereocenters. The molecule has 2 aliphatic carbocycles. The number of urea groups is 1. The van der Waals surface area contributed by atoms with Gasteiger partial charge in [0.05, 0.1) is 35.0 Å². The van der Waals surface area contributed by atoms with Crippen LogP contribution in [0.1, 0.15) is 79.6 Å². The number of fused-ring (bicyclic) bond motifs is 3. The minimum absolute atomic E-state index is 0.00868. The zero-order chi connectivity index (χ0) is 42.3. The molecule has 1 saturated heterocycles. The van der Waals surface area contributed by atoms with E-state index in [4.69, 9.17) is 19.2 Å². The summed E-state index contributed by atoms with van der Waals surface area (Å²) in [6.45, 7) is 9.22. The Morgan fingerprint density at radius 3 is 2.61 bits per heavy atom. The number of hydrogen-bond donors (Lipinski definition) is 4. The van der Waals surface area contributed by atoms with Crippen molar-refractivity contribution in [2.24, 2.45) is 5.92 Å². The van der Waals surface area contributed by atoms with E-state index >= 15 is 0 Å². The van der Waals surface area contributed by atoms with E-state index in [1.807, 2.05) is 32.1 Å². The van der Waals surface area contributed by atoms with Gasteiger partial charge in [-0.05, 0) is 85.3 Å². The lowest BCUT2D eigenvalue weighted by atomic mass is 10.1. The van der Waals surface area contributed by atoms with E-state index in [9.17, 15) is 27.6 Å². The Labute approximate surface area is 347 Å². The number of benzene rings is 1. The van der Waals surface area contributed by atoms with Gasteiger partial charge in [-0.2, -0.15) is 0 Å². The molecule has 0 radical (unpaired) electrons. The average Bonchev–Trinajstić information content (AvgIpc) is 4.05. The average molecular weight is 853 g/mol. The summed E-state index contributed by atoms with van der Waals surface area (Å²) in [5.74, 6) is -0.883. The van der Waals surface area contributed by atoms with Crippen LogP contribution in [0.25, 0.3) is 21.5 Å². The van der Waals surface area contributed by atoms with Gasteiger partial charge in [-0.3, -0.25) is 14.3 Å². The SMILES string of the molecule is COc1ccc2c(O[C@@H]3C[C@H]4C(=O)N[C@@]5(C(=O)NS(=O)(=O)C6CC6)C[C@H]5/C=C\CCCCN(NC(=O)OC(C)(C)C)C(=O)N4C3)cc(-c3cnc(NC(C)C)s3)nc2c1. The summed E-state index contributed by atoms with van der Waals surface area (Å²) in [5.41, 5.74) is 1.39. The second-order valence-corrected chi connectivity index (χ2v) is 19.8. The molecule has 4 heterocycles. The molecular weight excluding hydrogens is 801 g/mol. The number of carbonyl (C=O) groups is 4. The molecule has 3 fully saturated rings. The van der Waals surface area contributed by atoms with Gasteiger partial charge in [0.25, 0.3) is 5.91 Å². The lowest BCUT2D eigenvalue weighted by Gasteiger charge is -2.32. The molecule has 0 spiro atoms. The zero-order valence-corrected chi connectivity index (χ0v) is 35.7. The molecule has 1 aromatic carbocycles. The van der Waals surface area contributed by atoms with Gasteiger partial charge < -0.3 is 29.7 Å². The molecule has 2 saturated carbocycles. The number of hydrazine groups is 1. The molecule has 4 N–H and O–H groups in total. The van der Waals surface area contributed by atoms with Crippen LogP contribution in [0.5, 0.6) is 11.5 Å². The summed E-state index contributed by atoms with van der Waals surface area (Å²) in [7, 11) is -2.35. The Balaban J connectivity index is 1.22. The Morgan fingerprint density at radius 2 is 1.90 bits per heavy atom. The van der Waals surface area contributed by atoms with Gasteiger partial charge in [-0.25, -0.2) is 38.4 Å². The fourth-order valence-electron chi connectivity index (χ4n) is 7.28. The Bertz CT molecular complexity index is 2250. The van der Waals surface area contributed by atoms with Crippen LogP contribution in [0, 0.1) is 5.92 Å². The lowest BCUT2D eigenvalue weighted by Crippen LogP contribution is -2.59. The quantitative estimate of drug-likeness (QED) is 0.197. The van der Waals surface area contributed by atoms with Crippen LogP contribution in [0.2, 0.25) is 0 Å². The Hall–Kier alpha value is -5.17. The lowest BCUT2D eigenvalue weighted by molar-refractivity contribution is -0.131. The summed E-state index contributed by atoms with van der Waals surface area (Å²) < 4.78 is 45.7. The molecule has 17 nitrogen and oxygen atoms in total. The minimum atomic E-state index is -3.92. The van der Waals surface area contributed by atoms with E-state index in [0.717, 1.165) is 15.0 Å². The topological polar surface area (TPSA) is 210 Å². The van der Waals surface area contributed by atoms with Crippen molar-refractivity contribution >= 4 is 61.3 Å².